The molecule has 7 nitrogen and oxygen atoms in total. The Morgan fingerprint density at radius 2 is 2.18 bits per heavy atom. The summed E-state index contributed by atoms with van der Waals surface area (Å²) in [6, 6.07) is 3.71. The number of nitrogens with one attached hydrogen (secondary N) is 1. The Balaban J connectivity index is 2.15. The minimum absolute atomic E-state index is 0.144. The molecule has 2 rings (SSSR count). The average molecular weight is 305 g/mol. The monoisotopic (exact) mass is 305 g/mol. The van der Waals surface area contributed by atoms with Gasteiger partial charge in [0.2, 0.25) is 0 Å². The maximum absolute atomic E-state index is 12.2. The van der Waals surface area contributed by atoms with Gasteiger partial charge in [-0.2, -0.15) is 0 Å². The van der Waals surface area contributed by atoms with Crippen LogP contribution in [0.2, 0.25) is 0 Å². The Labute approximate surface area is 127 Å². The summed E-state index contributed by atoms with van der Waals surface area (Å²) in [4.78, 5) is 35.0. The first-order valence-electron chi connectivity index (χ1n) is 6.73. The molecular weight excluding hydrogens is 289 g/mol. The molecule has 0 aliphatic carbocycles. The number of benzene rings is 1. The van der Waals surface area contributed by atoms with Crippen LogP contribution in [-0.4, -0.2) is 43.0 Å². The summed E-state index contributed by atoms with van der Waals surface area (Å²) in [6.07, 6.45) is -0.144. The summed E-state index contributed by atoms with van der Waals surface area (Å²) in [6.45, 7) is 1.61. The van der Waals surface area contributed by atoms with Crippen molar-refractivity contribution in [2.45, 2.75) is 26.0 Å². The predicted molar refractivity (Wildman–Crippen MR) is 77.4 cm³/mol. The number of carbonyl (C=O) groups excluding carboxylic acids is 3. The minimum atomic E-state index is -1.06. The Morgan fingerprint density at radius 1 is 1.45 bits per heavy atom. The van der Waals surface area contributed by atoms with Crippen LogP contribution >= 0.6 is 0 Å². The first-order chi connectivity index (χ1) is 10.4. The van der Waals surface area contributed by atoms with Crippen molar-refractivity contribution in [3.05, 3.63) is 29.3 Å². The van der Waals surface area contributed by atoms with Crippen molar-refractivity contribution in [3.63, 3.8) is 0 Å². The number of ether oxygens (including phenoxy) is 1. The lowest BCUT2D eigenvalue weighted by Crippen LogP contribution is -2.43. The van der Waals surface area contributed by atoms with Crippen molar-refractivity contribution in [3.8, 4) is 0 Å². The van der Waals surface area contributed by atoms with Gasteiger partial charge in [-0.1, -0.05) is 6.07 Å². The van der Waals surface area contributed by atoms with E-state index >= 15 is 0 Å². The third-order valence-electron chi connectivity index (χ3n) is 3.35. The van der Waals surface area contributed by atoms with E-state index < -0.39 is 25.0 Å². The number of Topliss-reactive ketones (excluding diaryl/α,β-unsaturated/α-hetero) is 1. The van der Waals surface area contributed by atoms with Gasteiger partial charge in [-0.05, 0) is 30.1 Å². The molecule has 0 spiro atoms. The van der Waals surface area contributed by atoms with Crippen LogP contribution in [0.3, 0.4) is 0 Å². The van der Waals surface area contributed by atoms with Gasteiger partial charge in [-0.15, -0.1) is 0 Å². The van der Waals surface area contributed by atoms with Crippen molar-refractivity contribution in [1.82, 2.24) is 5.32 Å². The van der Waals surface area contributed by atoms with Gasteiger partial charge < -0.3 is 19.7 Å². The number of fused-ring (bicyclic) bond motifs is 1. The van der Waals surface area contributed by atoms with Crippen molar-refractivity contribution in [2.75, 3.05) is 7.11 Å². The number of carbonyl (C=O) groups is 3. The number of amides is 1. The minimum Gasteiger partial charge on any atom is -0.467 e. The highest BCUT2D eigenvalue weighted by Crippen LogP contribution is 2.12. The van der Waals surface area contributed by atoms with Crippen LogP contribution in [0.25, 0.3) is 0 Å². The van der Waals surface area contributed by atoms with Crippen molar-refractivity contribution >= 4 is 30.2 Å². The molecule has 2 N–H and O–H groups in total. The van der Waals surface area contributed by atoms with Crippen LogP contribution in [0.1, 0.15) is 29.3 Å². The summed E-state index contributed by atoms with van der Waals surface area (Å²) in [5.74, 6) is -1.46. The number of ketones is 1. The lowest BCUT2D eigenvalue weighted by atomic mass is 9.79. The van der Waals surface area contributed by atoms with Gasteiger partial charge >= 0.3 is 13.1 Å². The Kier molecular flexibility index (Phi) is 4.94. The van der Waals surface area contributed by atoms with Gasteiger partial charge in [0.25, 0.3) is 5.91 Å². The van der Waals surface area contributed by atoms with Gasteiger partial charge in [0.1, 0.15) is 11.8 Å². The number of hydrogen-bond acceptors (Lipinski definition) is 6. The fraction of sp³-hybridized carbons (Fsp3) is 0.357. The molecule has 0 saturated carbocycles. The zero-order valence-electron chi connectivity index (χ0n) is 12.3. The summed E-state index contributed by atoms with van der Waals surface area (Å²) in [7, 11) is 0.126. The standard InChI is InChI=1S/C14H16BNO6/c1-8(17)5-12(14(19)21-2)16-13(18)9-3-4-10-7-22-15(20)11(10)6-9/h3-4,6,12,20H,5,7H2,1-2H3,(H,16,18)/t12-/m0/s1. The van der Waals surface area contributed by atoms with Crippen molar-refractivity contribution < 1.29 is 28.8 Å². The zero-order valence-corrected chi connectivity index (χ0v) is 12.3. The van der Waals surface area contributed by atoms with E-state index in [1.54, 1.807) is 12.1 Å². The van der Waals surface area contributed by atoms with Gasteiger partial charge in [0, 0.05) is 12.0 Å². The molecule has 0 radical (unpaired) electrons. The Bertz CT molecular complexity index is 617. The highest BCUT2D eigenvalue weighted by Gasteiger charge is 2.29. The van der Waals surface area contributed by atoms with Crippen molar-refractivity contribution in [1.29, 1.82) is 0 Å². The molecule has 1 heterocycles. The molecular formula is C14H16BNO6. The molecule has 0 aromatic heterocycles. The molecule has 8 heteroatoms. The Morgan fingerprint density at radius 3 is 2.82 bits per heavy atom. The Hall–Kier alpha value is -2.19. The van der Waals surface area contributed by atoms with E-state index in [4.69, 9.17) is 4.65 Å². The highest BCUT2D eigenvalue weighted by atomic mass is 16.5. The molecule has 0 saturated heterocycles. The topological polar surface area (TPSA) is 102 Å². The largest absolute Gasteiger partial charge is 0.491 e. The SMILES string of the molecule is COC(=O)[C@H](CC(C)=O)NC(=O)c1ccc2c(c1)B(O)OC2. The second-order valence-corrected chi connectivity index (χ2v) is 5.03. The molecule has 1 aliphatic heterocycles. The number of methoxy groups -OCH3 is 1. The molecule has 1 aromatic carbocycles. The van der Waals surface area contributed by atoms with E-state index in [1.807, 2.05) is 0 Å². The van der Waals surface area contributed by atoms with E-state index in [2.05, 4.69) is 10.1 Å². The highest BCUT2D eigenvalue weighted by molar-refractivity contribution is 6.61. The fourth-order valence-corrected chi connectivity index (χ4v) is 2.22. The fourth-order valence-electron chi connectivity index (χ4n) is 2.22. The molecule has 1 aromatic rings. The third-order valence-corrected chi connectivity index (χ3v) is 3.35. The molecule has 0 unspecified atom stereocenters. The van der Waals surface area contributed by atoms with Gasteiger partial charge in [0.05, 0.1) is 13.7 Å². The summed E-state index contributed by atoms with van der Waals surface area (Å²) in [5.41, 5.74) is 1.59. The summed E-state index contributed by atoms with van der Waals surface area (Å²) < 4.78 is 9.63. The predicted octanol–water partition coefficient (Wildman–Crippen LogP) is -0.845. The van der Waals surface area contributed by atoms with Gasteiger partial charge in [-0.3, -0.25) is 9.59 Å². The third kappa shape index (κ3) is 3.52. The molecule has 116 valence electrons. The number of hydrogen-bond donors (Lipinski definition) is 2. The average Bonchev–Trinajstić information content (AvgIpc) is 2.86. The van der Waals surface area contributed by atoms with Gasteiger partial charge in [-0.25, -0.2) is 4.79 Å². The molecule has 22 heavy (non-hydrogen) atoms. The first-order valence-corrected chi connectivity index (χ1v) is 6.73. The normalized spacial score (nSPS) is 14.2. The van der Waals surface area contributed by atoms with Gasteiger partial charge in [0.15, 0.2) is 0 Å². The number of rotatable bonds is 5. The van der Waals surface area contributed by atoms with Crippen LogP contribution in [0, 0.1) is 0 Å². The van der Waals surface area contributed by atoms with Crippen LogP contribution in [-0.2, 0) is 25.6 Å². The van der Waals surface area contributed by atoms with Crippen LogP contribution in [0.5, 0.6) is 0 Å². The van der Waals surface area contributed by atoms with Crippen LogP contribution in [0.4, 0.5) is 0 Å². The van der Waals surface area contributed by atoms with E-state index in [9.17, 15) is 19.4 Å². The molecule has 0 fully saturated rings. The van der Waals surface area contributed by atoms with E-state index in [0.29, 0.717) is 5.46 Å². The maximum Gasteiger partial charge on any atom is 0.491 e. The maximum atomic E-state index is 12.2. The second-order valence-electron chi connectivity index (χ2n) is 5.03. The first kappa shape index (κ1) is 16.2. The lowest BCUT2D eigenvalue weighted by molar-refractivity contribution is -0.144. The van der Waals surface area contributed by atoms with E-state index in [-0.39, 0.29) is 24.4 Å². The smallest absolute Gasteiger partial charge is 0.467 e. The lowest BCUT2D eigenvalue weighted by Gasteiger charge is -2.15. The van der Waals surface area contributed by atoms with Crippen LogP contribution in [0.15, 0.2) is 18.2 Å². The van der Waals surface area contributed by atoms with Crippen molar-refractivity contribution in [2.24, 2.45) is 0 Å². The second kappa shape index (κ2) is 6.72. The van der Waals surface area contributed by atoms with Crippen LogP contribution < -0.4 is 10.8 Å². The summed E-state index contributed by atoms with van der Waals surface area (Å²) in [5, 5.41) is 12.1. The zero-order chi connectivity index (χ0) is 16.3. The molecule has 1 amide bonds. The number of esters is 1. The van der Waals surface area contributed by atoms with E-state index in [0.717, 1.165) is 5.56 Å². The summed E-state index contributed by atoms with van der Waals surface area (Å²) >= 11 is 0. The molecule has 1 atom stereocenters. The molecule has 1 aliphatic rings. The quantitative estimate of drug-likeness (QED) is 0.543. The van der Waals surface area contributed by atoms with E-state index in [1.165, 1.54) is 20.1 Å². The molecule has 0 bridgehead atoms.